The third-order valence-electron chi connectivity index (χ3n) is 4.02. The molecule has 1 aliphatic heterocycles. The van der Waals surface area contributed by atoms with Crippen LogP contribution in [0.25, 0.3) is 0 Å². The van der Waals surface area contributed by atoms with E-state index in [9.17, 15) is 4.79 Å². The van der Waals surface area contributed by atoms with Crippen LogP contribution >= 0.6 is 0 Å². The molecule has 5 heteroatoms. The molecule has 0 aliphatic carbocycles. The molecule has 1 fully saturated rings. The number of carbonyl (C=O) groups excluding carboxylic acids is 1. The largest absolute Gasteiger partial charge is 0.469 e. The Bertz CT molecular complexity index is 480. The fourth-order valence-corrected chi connectivity index (χ4v) is 2.52. The maximum atomic E-state index is 11.7. The first-order chi connectivity index (χ1) is 9.92. The van der Waals surface area contributed by atoms with E-state index in [4.69, 9.17) is 13.9 Å². The van der Waals surface area contributed by atoms with Crippen LogP contribution in [0.3, 0.4) is 0 Å². The van der Waals surface area contributed by atoms with E-state index >= 15 is 0 Å². The summed E-state index contributed by atoms with van der Waals surface area (Å²) in [7, 11) is 1.44. The summed E-state index contributed by atoms with van der Waals surface area (Å²) < 4.78 is 16.3. The van der Waals surface area contributed by atoms with Crippen LogP contribution in [0.4, 0.5) is 0 Å². The van der Waals surface area contributed by atoms with Crippen molar-refractivity contribution in [2.75, 3.05) is 33.4 Å². The zero-order valence-corrected chi connectivity index (χ0v) is 13.3. The van der Waals surface area contributed by atoms with Crippen LogP contribution in [0, 0.1) is 12.3 Å². The molecule has 5 nitrogen and oxygen atoms in total. The normalized spacial score (nSPS) is 20.5. The molecule has 0 aromatic carbocycles. The molecular formula is C16H25NO4. The Kier molecular flexibility index (Phi) is 5.06. The second-order valence-electron chi connectivity index (χ2n) is 6.23. The third kappa shape index (κ3) is 4.08. The minimum absolute atomic E-state index is 0.0197. The molecule has 21 heavy (non-hydrogen) atoms. The molecule has 1 atom stereocenters. The predicted octanol–water partition coefficient (Wildman–Crippen LogP) is 2.55. The van der Waals surface area contributed by atoms with Gasteiger partial charge >= 0.3 is 5.97 Å². The lowest BCUT2D eigenvalue weighted by Gasteiger charge is -2.33. The number of ether oxygens (including phenoxy) is 2. The van der Waals surface area contributed by atoms with Crippen LogP contribution in [-0.4, -0.2) is 44.2 Å². The maximum Gasteiger partial charge on any atom is 0.311 e. The number of aryl methyl sites for hydroxylation is 1. The highest BCUT2D eigenvalue weighted by Crippen LogP contribution is 2.26. The summed E-state index contributed by atoms with van der Waals surface area (Å²) in [6, 6.07) is 3.93. The molecule has 0 amide bonds. The number of nitrogens with zero attached hydrogens (tertiary/aromatic N) is 1. The number of hydrogen-bond acceptors (Lipinski definition) is 5. The van der Waals surface area contributed by atoms with Crippen molar-refractivity contribution < 1.29 is 18.7 Å². The van der Waals surface area contributed by atoms with E-state index in [0.29, 0.717) is 6.61 Å². The number of hydrogen-bond donors (Lipinski definition) is 0. The van der Waals surface area contributed by atoms with Gasteiger partial charge in [-0.2, -0.15) is 0 Å². The third-order valence-corrected chi connectivity index (χ3v) is 4.02. The molecule has 1 aliphatic rings. The Labute approximate surface area is 126 Å². The second-order valence-corrected chi connectivity index (χ2v) is 6.23. The van der Waals surface area contributed by atoms with E-state index < -0.39 is 5.41 Å². The Hall–Kier alpha value is -1.33. The van der Waals surface area contributed by atoms with Crippen LogP contribution in [-0.2, 0) is 14.3 Å². The van der Waals surface area contributed by atoms with Gasteiger partial charge in [-0.1, -0.05) is 0 Å². The fourth-order valence-electron chi connectivity index (χ4n) is 2.52. The van der Waals surface area contributed by atoms with Gasteiger partial charge in [0.05, 0.1) is 19.1 Å². The molecule has 0 saturated carbocycles. The van der Waals surface area contributed by atoms with Gasteiger partial charge in [0.1, 0.15) is 17.6 Å². The molecule has 0 radical (unpaired) electrons. The van der Waals surface area contributed by atoms with E-state index in [0.717, 1.165) is 37.6 Å². The predicted molar refractivity (Wildman–Crippen MR) is 79.0 cm³/mol. The van der Waals surface area contributed by atoms with Crippen molar-refractivity contribution in [3.05, 3.63) is 23.7 Å². The molecule has 0 unspecified atom stereocenters. The van der Waals surface area contributed by atoms with Crippen LogP contribution in [0.2, 0.25) is 0 Å². The molecular weight excluding hydrogens is 270 g/mol. The minimum Gasteiger partial charge on any atom is -0.469 e. The maximum absolute atomic E-state index is 11.7. The van der Waals surface area contributed by atoms with Crippen LogP contribution in [0.15, 0.2) is 16.5 Å². The van der Waals surface area contributed by atoms with Crippen LogP contribution in [0.5, 0.6) is 0 Å². The number of esters is 1. The second kappa shape index (κ2) is 6.62. The first-order valence-electron chi connectivity index (χ1n) is 7.41. The van der Waals surface area contributed by atoms with Gasteiger partial charge in [0.2, 0.25) is 0 Å². The van der Waals surface area contributed by atoms with Gasteiger partial charge in [0.15, 0.2) is 0 Å². The summed E-state index contributed by atoms with van der Waals surface area (Å²) in [6.07, 6.45) is 0.748. The Morgan fingerprint density at radius 1 is 1.48 bits per heavy atom. The van der Waals surface area contributed by atoms with Crippen molar-refractivity contribution in [2.24, 2.45) is 5.41 Å². The van der Waals surface area contributed by atoms with Gasteiger partial charge in [0.25, 0.3) is 0 Å². The number of furan rings is 1. The Morgan fingerprint density at radius 2 is 2.24 bits per heavy atom. The van der Waals surface area contributed by atoms with Crippen molar-refractivity contribution >= 4 is 5.97 Å². The SMILES string of the molecule is COC(=O)C(C)(C)CCN1CCO[C@H](c2ccc(C)o2)C1. The lowest BCUT2D eigenvalue weighted by Crippen LogP contribution is -2.41. The monoisotopic (exact) mass is 295 g/mol. The van der Waals surface area contributed by atoms with E-state index in [-0.39, 0.29) is 12.1 Å². The van der Waals surface area contributed by atoms with E-state index in [1.165, 1.54) is 7.11 Å². The summed E-state index contributed by atoms with van der Waals surface area (Å²) in [6.45, 7) is 8.99. The average Bonchev–Trinajstić information content (AvgIpc) is 2.91. The quantitative estimate of drug-likeness (QED) is 0.781. The first-order valence-corrected chi connectivity index (χ1v) is 7.41. The molecule has 1 saturated heterocycles. The van der Waals surface area contributed by atoms with Crippen molar-refractivity contribution in [3.8, 4) is 0 Å². The summed E-state index contributed by atoms with van der Waals surface area (Å²) in [5, 5.41) is 0. The molecule has 0 N–H and O–H groups in total. The van der Waals surface area contributed by atoms with E-state index in [1.807, 2.05) is 32.9 Å². The molecule has 118 valence electrons. The van der Waals surface area contributed by atoms with Gasteiger partial charge in [-0.15, -0.1) is 0 Å². The number of rotatable bonds is 5. The van der Waals surface area contributed by atoms with Crippen molar-refractivity contribution in [1.82, 2.24) is 4.90 Å². The van der Waals surface area contributed by atoms with E-state index in [2.05, 4.69) is 4.90 Å². The minimum atomic E-state index is -0.455. The standard InChI is InChI=1S/C16H25NO4/c1-12-5-6-13(21-12)14-11-17(9-10-20-14)8-7-16(2,3)15(18)19-4/h5-6,14H,7-11H2,1-4H3/t14-/m0/s1. The Balaban J connectivity index is 1.88. The summed E-state index contributed by atoms with van der Waals surface area (Å²) in [5.74, 6) is 1.62. The average molecular weight is 295 g/mol. The zero-order chi connectivity index (χ0) is 15.5. The summed E-state index contributed by atoms with van der Waals surface area (Å²) in [4.78, 5) is 14.0. The fraction of sp³-hybridized carbons (Fsp3) is 0.688. The molecule has 0 spiro atoms. The van der Waals surface area contributed by atoms with Gasteiger partial charge in [0, 0.05) is 13.1 Å². The highest BCUT2D eigenvalue weighted by Gasteiger charge is 2.31. The van der Waals surface area contributed by atoms with Crippen molar-refractivity contribution in [3.63, 3.8) is 0 Å². The van der Waals surface area contributed by atoms with Gasteiger partial charge < -0.3 is 13.9 Å². The van der Waals surface area contributed by atoms with Crippen LogP contribution < -0.4 is 0 Å². The van der Waals surface area contributed by atoms with Gasteiger partial charge in [-0.05, 0) is 45.9 Å². The van der Waals surface area contributed by atoms with Gasteiger partial charge in [-0.25, -0.2) is 0 Å². The smallest absolute Gasteiger partial charge is 0.311 e. The van der Waals surface area contributed by atoms with Crippen molar-refractivity contribution in [1.29, 1.82) is 0 Å². The molecule has 1 aromatic rings. The number of morpholine rings is 1. The molecule has 0 bridgehead atoms. The highest BCUT2D eigenvalue weighted by atomic mass is 16.5. The number of carbonyl (C=O) groups is 1. The first kappa shape index (κ1) is 16.0. The molecule has 2 rings (SSSR count). The lowest BCUT2D eigenvalue weighted by molar-refractivity contribution is -0.151. The summed E-state index contributed by atoms with van der Waals surface area (Å²) in [5.41, 5.74) is -0.455. The van der Waals surface area contributed by atoms with Crippen LogP contribution in [0.1, 0.15) is 37.9 Å². The molecule has 1 aromatic heterocycles. The molecule has 2 heterocycles. The van der Waals surface area contributed by atoms with Gasteiger partial charge in [-0.3, -0.25) is 9.69 Å². The summed E-state index contributed by atoms with van der Waals surface area (Å²) >= 11 is 0. The highest BCUT2D eigenvalue weighted by molar-refractivity contribution is 5.75. The van der Waals surface area contributed by atoms with E-state index in [1.54, 1.807) is 0 Å². The lowest BCUT2D eigenvalue weighted by atomic mass is 9.89. The zero-order valence-electron chi connectivity index (χ0n) is 13.3. The topological polar surface area (TPSA) is 51.9 Å². The number of methoxy groups -OCH3 is 1. The Morgan fingerprint density at radius 3 is 2.86 bits per heavy atom. The van der Waals surface area contributed by atoms with Crippen molar-refractivity contribution in [2.45, 2.75) is 33.3 Å².